The molecule has 1 aliphatic rings. The van der Waals surface area contributed by atoms with Crippen LogP contribution in [0.2, 0.25) is 0 Å². The van der Waals surface area contributed by atoms with E-state index in [4.69, 9.17) is 4.52 Å². The fourth-order valence-electron chi connectivity index (χ4n) is 1.43. The van der Waals surface area contributed by atoms with Crippen molar-refractivity contribution in [1.82, 2.24) is 15.5 Å². The van der Waals surface area contributed by atoms with E-state index in [9.17, 15) is 0 Å². The van der Waals surface area contributed by atoms with Gasteiger partial charge in [0, 0.05) is 5.92 Å². The van der Waals surface area contributed by atoms with Gasteiger partial charge in [0.05, 0.1) is 6.54 Å². The predicted octanol–water partition coefficient (Wildman–Crippen LogP) is 2.08. The second-order valence-electron chi connectivity index (χ2n) is 4.43. The van der Waals surface area contributed by atoms with E-state index in [0.717, 1.165) is 24.7 Å². The highest BCUT2D eigenvalue weighted by Gasteiger charge is 2.20. The summed E-state index contributed by atoms with van der Waals surface area (Å²) in [7, 11) is 0. The molecule has 1 unspecified atom stereocenters. The summed E-state index contributed by atoms with van der Waals surface area (Å²) in [4.78, 5) is 4.36. The molecule has 0 spiro atoms. The molecular formula is C11H19N3O. The minimum Gasteiger partial charge on any atom is -0.338 e. The molecule has 1 N–H and O–H groups in total. The lowest BCUT2D eigenvalue weighted by molar-refractivity contribution is 0.359. The average Bonchev–Trinajstić information content (AvgIpc) is 2.94. The second-order valence-corrected chi connectivity index (χ2v) is 4.43. The summed E-state index contributed by atoms with van der Waals surface area (Å²) in [6.45, 7) is 6.04. The SMILES string of the molecule is CCC(C)c1noc(CNCC2CC2)n1. The monoisotopic (exact) mass is 209 g/mol. The first-order chi connectivity index (χ1) is 7.29. The molecule has 1 aromatic heterocycles. The molecule has 4 heteroatoms. The van der Waals surface area contributed by atoms with E-state index in [1.165, 1.54) is 12.8 Å². The predicted molar refractivity (Wildman–Crippen MR) is 57.4 cm³/mol. The molecule has 1 saturated carbocycles. The maximum Gasteiger partial charge on any atom is 0.240 e. The molecule has 1 fully saturated rings. The first kappa shape index (κ1) is 10.6. The molecule has 84 valence electrons. The highest BCUT2D eigenvalue weighted by Crippen LogP contribution is 2.27. The van der Waals surface area contributed by atoms with Gasteiger partial charge in [-0.3, -0.25) is 0 Å². The standard InChI is InChI=1S/C11H19N3O/c1-3-8(2)11-13-10(15-14-11)7-12-6-9-4-5-9/h8-9,12H,3-7H2,1-2H3. The van der Waals surface area contributed by atoms with Crippen LogP contribution in [0.5, 0.6) is 0 Å². The van der Waals surface area contributed by atoms with Gasteiger partial charge >= 0.3 is 0 Å². The smallest absolute Gasteiger partial charge is 0.240 e. The molecule has 0 radical (unpaired) electrons. The van der Waals surface area contributed by atoms with Gasteiger partial charge in [-0.2, -0.15) is 4.98 Å². The van der Waals surface area contributed by atoms with Crippen LogP contribution in [0.15, 0.2) is 4.52 Å². The number of hydrogen-bond acceptors (Lipinski definition) is 4. The zero-order chi connectivity index (χ0) is 10.7. The normalized spacial score (nSPS) is 18.0. The molecule has 1 atom stereocenters. The maximum atomic E-state index is 5.17. The summed E-state index contributed by atoms with van der Waals surface area (Å²) in [6, 6.07) is 0. The summed E-state index contributed by atoms with van der Waals surface area (Å²) < 4.78 is 5.17. The molecule has 0 aromatic carbocycles. The third-order valence-electron chi connectivity index (χ3n) is 2.94. The lowest BCUT2D eigenvalue weighted by Crippen LogP contribution is -2.16. The van der Waals surface area contributed by atoms with Gasteiger partial charge in [0.1, 0.15) is 0 Å². The Bertz CT molecular complexity index is 307. The third-order valence-corrected chi connectivity index (χ3v) is 2.94. The van der Waals surface area contributed by atoms with Crippen molar-refractivity contribution in [1.29, 1.82) is 0 Å². The number of nitrogens with zero attached hydrogens (tertiary/aromatic N) is 2. The Hall–Kier alpha value is -0.900. The number of aromatic nitrogens is 2. The van der Waals surface area contributed by atoms with Crippen LogP contribution in [-0.2, 0) is 6.54 Å². The van der Waals surface area contributed by atoms with Gasteiger partial charge in [-0.1, -0.05) is 19.0 Å². The van der Waals surface area contributed by atoms with Crippen LogP contribution in [0.4, 0.5) is 0 Å². The minimum absolute atomic E-state index is 0.394. The summed E-state index contributed by atoms with van der Waals surface area (Å²) >= 11 is 0. The zero-order valence-corrected chi connectivity index (χ0v) is 9.49. The van der Waals surface area contributed by atoms with Gasteiger partial charge in [0.2, 0.25) is 5.89 Å². The van der Waals surface area contributed by atoms with Crippen molar-refractivity contribution in [3.8, 4) is 0 Å². The van der Waals surface area contributed by atoms with Crippen molar-refractivity contribution in [3.05, 3.63) is 11.7 Å². The van der Waals surface area contributed by atoms with E-state index in [1.54, 1.807) is 0 Å². The van der Waals surface area contributed by atoms with E-state index in [-0.39, 0.29) is 0 Å². The molecule has 0 bridgehead atoms. The van der Waals surface area contributed by atoms with E-state index in [0.29, 0.717) is 18.4 Å². The lowest BCUT2D eigenvalue weighted by atomic mass is 10.1. The highest BCUT2D eigenvalue weighted by atomic mass is 16.5. The Kier molecular flexibility index (Phi) is 3.36. The minimum atomic E-state index is 0.394. The van der Waals surface area contributed by atoms with Crippen LogP contribution in [-0.4, -0.2) is 16.7 Å². The summed E-state index contributed by atoms with van der Waals surface area (Å²) in [5, 5.41) is 7.31. The van der Waals surface area contributed by atoms with Crippen LogP contribution in [0.25, 0.3) is 0 Å². The van der Waals surface area contributed by atoms with E-state index >= 15 is 0 Å². The highest BCUT2D eigenvalue weighted by molar-refractivity contribution is 4.93. The van der Waals surface area contributed by atoms with Crippen molar-refractivity contribution >= 4 is 0 Å². The first-order valence-electron chi connectivity index (χ1n) is 5.82. The quantitative estimate of drug-likeness (QED) is 0.779. The second kappa shape index (κ2) is 4.75. The van der Waals surface area contributed by atoms with Crippen molar-refractivity contribution in [2.24, 2.45) is 5.92 Å². The Morgan fingerprint density at radius 2 is 2.33 bits per heavy atom. The Labute approximate surface area is 90.4 Å². The Morgan fingerprint density at radius 3 is 3.00 bits per heavy atom. The van der Waals surface area contributed by atoms with Crippen LogP contribution in [0.1, 0.15) is 50.7 Å². The summed E-state index contributed by atoms with van der Waals surface area (Å²) in [6.07, 6.45) is 3.79. The molecule has 2 rings (SSSR count). The van der Waals surface area contributed by atoms with Gasteiger partial charge in [0.25, 0.3) is 0 Å². The van der Waals surface area contributed by atoms with Crippen LogP contribution < -0.4 is 5.32 Å². The van der Waals surface area contributed by atoms with E-state index < -0.39 is 0 Å². The van der Waals surface area contributed by atoms with Crippen molar-refractivity contribution in [3.63, 3.8) is 0 Å². The molecule has 1 heterocycles. The summed E-state index contributed by atoms with van der Waals surface area (Å²) in [5.41, 5.74) is 0. The largest absolute Gasteiger partial charge is 0.338 e. The maximum absolute atomic E-state index is 5.17. The van der Waals surface area contributed by atoms with Crippen molar-refractivity contribution in [2.75, 3.05) is 6.54 Å². The number of nitrogens with one attached hydrogen (secondary N) is 1. The lowest BCUT2D eigenvalue weighted by Gasteiger charge is -1.99. The fourth-order valence-corrected chi connectivity index (χ4v) is 1.43. The molecule has 0 saturated heterocycles. The molecule has 0 aliphatic heterocycles. The Morgan fingerprint density at radius 1 is 1.53 bits per heavy atom. The molecule has 1 aromatic rings. The van der Waals surface area contributed by atoms with Crippen molar-refractivity contribution in [2.45, 2.75) is 45.6 Å². The Balaban J connectivity index is 1.77. The molecular weight excluding hydrogens is 190 g/mol. The topological polar surface area (TPSA) is 51.0 Å². The van der Waals surface area contributed by atoms with Crippen LogP contribution in [0.3, 0.4) is 0 Å². The van der Waals surface area contributed by atoms with Gasteiger partial charge < -0.3 is 9.84 Å². The van der Waals surface area contributed by atoms with Crippen LogP contribution in [0, 0.1) is 5.92 Å². The number of rotatable bonds is 6. The van der Waals surface area contributed by atoms with Gasteiger partial charge in [-0.05, 0) is 31.7 Å². The van der Waals surface area contributed by atoms with Crippen LogP contribution >= 0.6 is 0 Å². The first-order valence-corrected chi connectivity index (χ1v) is 5.82. The van der Waals surface area contributed by atoms with Gasteiger partial charge in [0.15, 0.2) is 5.82 Å². The summed E-state index contributed by atoms with van der Waals surface area (Å²) in [5.74, 6) is 2.83. The average molecular weight is 209 g/mol. The van der Waals surface area contributed by atoms with Gasteiger partial charge in [-0.15, -0.1) is 0 Å². The third kappa shape index (κ3) is 3.02. The van der Waals surface area contributed by atoms with E-state index in [2.05, 4.69) is 29.3 Å². The molecule has 1 aliphatic carbocycles. The van der Waals surface area contributed by atoms with Gasteiger partial charge in [-0.25, -0.2) is 0 Å². The van der Waals surface area contributed by atoms with Crippen molar-refractivity contribution < 1.29 is 4.52 Å². The van der Waals surface area contributed by atoms with E-state index in [1.807, 2.05) is 0 Å². The molecule has 15 heavy (non-hydrogen) atoms. The molecule has 4 nitrogen and oxygen atoms in total. The fraction of sp³-hybridized carbons (Fsp3) is 0.818. The number of hydrogen-bond donors (Lipinski definition) is 1. The zero-order valence-electron chi connectivity index (χ0n) is 9.49. The molecule has 0 amide bonds.